The summed E-state index contributed by atoms with van der Waals surface area (Å²) in [5.74, 6) is 0.882. The van der Waals surface area contributed by atoms with Gasteiger partial charge in [-0.1, -0.05) is 36.4 Å². The summed E-state index contributed by atoms with van der Waals surface area (Å²) in [4.78, 5) is 14.5. The van der Waals surface area contributed by atoms with Crippen LogP contribution >= 0.6 is 0 Å². The van der Waals surface area contributed by atoms with E-state index in [0.717, 1.165) is 24.2 Å². The first-order valence-electron chi connectivity index (χ1n) is 8.85. The van der Waals surface area contributed by atoms with Gasteiger partial charge in [0.2, 0.25) is 5.91 Å². The minimum Gasteiger partial charge on any atom is -0.497 e. The van der Waals surface area contributed by atoms with Crippen LogP contribution in [0.1, 0.15) is 35.6 Å². The smallest absolute Gasteiger partial charge is 0.234 e. The van der Waals surface area contributed by atoms with Crippen LogP contribution in [0.15, 0.2) is 48.5 Å². The van der Waals surface area contributed by atoms with E-state index in [0.29, 0.717) is 19.1 Å². The van der Waals surface area contributed by atoms with E-state index in [9.17, 15) is 4.79 Å². The quantitative estimate of drug-likeness (QED) is 0.878. The van der Waals surface area contributed by atoms with Crippen LogP contribution in [0.3, 0.4) is 0 Å². The number of hydrogen-bond acceptors (Lipinski definition) is 3. The summed E-state index contributed by atoms with van der Waals surface area (Å²) in [6, 6.07) is 16.7. The molecule has 2 aromatic carbocycles. The summed E-state index contributed by atoms with van der Waals surface area (Å²) in [5.41, 5.74) is 3.86. The van der Waals surface area contributed by atoms with E-state index in [1.54, 1.807) is 7.11 Å². The van der Waals surface area contributed by atoms with Gasteiger partial charge in [0, 0.05) is 12.6 Å². The number of ether oxygens (including phenoxy) is 1. The molecule has 4 nitrogen and oxygen atoms in total. The minimum atomic E-state index is 0.0568. The molecule has 1 atom stereocenters. The molecule has 1 amide bonds. The molecule has 0 unspecified atom stereocenters. The van der Waals surface area contributed by atoms with Crippen LogP contribution in [0.2, 0.25) is 0 Å². The molecule has 0 bridgehead atoms. The van der Waals surface area contributed by atoms with Gasteiger partial charge in [-0.05, 0) is 55.1 Å². The minimum absolute atomic E-state index is 0.0568. The van der Waals surface area contributed by atoms with E-state index < -0.39 is 0 Å². The Morgan fingerprint density at radius 2 is 1.96 bits per heavy atom. The maximum absolute atomic E-state index is 12.3. The molecule has 1 N–H and O–H groups in total. The van der Waals surface area contributed by atoms with Crippen LogP contribution in [0.25, 0.3) is 0 Å². The van der Waals surface area contributed by atoms with E-state index in [1.165, 1.54) is 17.5 Å². The number of fused-ring (bicyclic) bond motifs is 1. The number of benzene rings is 2. The topological polar surface area (TPSA) is 41.6 Å². The Balaban J connectivity index is 1.54. The summed E-state index contributed by atoms with van der Waals surface area (Å²) >= 11 is 0. The van der Waals surface area contributed by atoms with Crippen LogP contribution in [0.4, 0.5) is 0 Å². The monoisotopic (exact) mass is 338 g/mol. The second-order valence-corrected chi connectivity index (χ2v) is 6.65. The Morgan fingerprint density at radius 3 is 2.72 bits per heavy atom. The molecular formula is C21H26N2O2. The zero-order chi connectivity index (χ0) is 17.6. The van der Waals surface area contributed by atoms with Gasteiger partial charge >= 0.3 is 0 Å². The number of carbonyl (C=O) groups is 1. The molecule has 0 aromatic heterocycles. The van der Waals surface area contributed by atoms with E-state index in [-0.39, 0.29) is 5.91 Å². The molecule has 0 fully saturated rings. The molecule has 1 aliphatic rings. The lowest BCUT2D eigenvalue weighted by Gasteiger charge is -2.32. The predicted molar refractivity (Wildman–Crippen MR) is 99.6 cm³/mol. The van der Waals surface area contributed by atoms with E-state index >= 15 is 0 Å². The van der Waals surface area contributed by atoms with Crippen molar-refractivity contribution < 1.29 is 9.53 Å². The second kappa shape index (κ2) is 8.17. The molecule has 0 saturated carbocycles. The molecule has 25 heavy (non-hydrogen) atoms. The number of methoxy groups -OCH3 is 1. The number of aryl methyl sites for hydroxylation is 1. The van der Waals surface area contributed by atoms with Crippen LogP contribution in [0, 0.1) is 0 Å². The summed E-state index contributed by atoms with van der Waals surface area (Å²) in [5, 5.41) is 3.01. The third kappa shape index (κ3) is 4.40. The zero-order valence-corrected chi connectivity index (χ0v) is 15.0. The third-order valence-electron chi connectivity index (χ3n) is 4.91. The van der Waals surface area contributed by atoms with Gasteiger partial charge in [-0.25, -0.2) is 0 Å². The molecule has 3 rings (SSSR count). The van der Waals surface area contributed by atoms with Crippen molar-refractivity contribution in [3.05, 3.63) is 65.2 Å². The summed E-state index contributed by atoms with van der Waals surface area (Å²) in [6.07, 6.45) is 3.43. The Kier molecular flexibility index (Phi) is 5.71. The van der Waals surface area contributed by atoms with Gasteiger partial charge in [-0.3, -0.25) is 9.69 Å². The number of rotatable bonds is 6. The summed E-state index contributed by atoms with van der Waals surface area (Å²) in [7, 11) is 3.69. The van der Waals surface area contributed by atoms with Crippen molar-refractivity contribution in [3.8, 4) is 5.75 Å². The molecular weight excluding hydrogens is 312 g/mol. The van der Waals surface area contributed by atoms with Crippen LogP contribution in [-0.2, 0) is 17.8 Å². The van der Waals surface area contributed by atoms with Crippen molar-refractivity contribution in [2.45, 2.75) is 31.8 Å². The molecule has 2 aromatic rings. The van der Waals surface area contributed by atoms with Gasteiger partial charge in [0.25, 0.3) is 0 Å². The van der Waals surface area contributed by atoms with Gasteiger partial charge in [0.05, 0.1) is 13.7 Å². The fourth-order valence-electron chi connectivity index (χ4n) is 3.52. The highest BCUT2D eigenvalue weighted by molar-refractivity contribution is 5.78. The lowest BCUT2D eigenvalue weighted by molar-refractivity contribution is -0.122. The second-order valence-electron chi connectivity index (χ2n) is 6.65. The molecule has 0 aliphatic heterocycles. The average Bonchev–Trinajstić information content (AvgIpc) is 2.66. The molecule has 1 aliphatic carbocycles. The number of nitrogens with zero attached hydrogens (tertiary/aromatic N) is 1. The van der Waals surface area contributed by atoms with E-state index in [4.69, 9.17) is 4.74 Å². The first kappa shape index (κ1) is 17.5. The summed E-state index contributed by atoms with van der Waals surface area (Å²) < 4.78 is 5.15. The van der Waals surface area contributed by atoms with E-state index in [2.05, 4.69) is 34.5 Å². The van der Waals surface area contributed by atoms with Crippen molar-refractivity contribution in [1.29, 1.82) is 0 Å². The highest BCUT2D eigenvalue weighted by Crippen LogP contribution is 2.33. The van der Waals surface area contributed by atoms with E-state index in [1.807, 2.05) is 31.3 Å². The van der Waals surface area contributed by atoms with Gasteiger partial charge in [0.1, 0.15) is 5.75 Å². The highest BCUT2D eigenvalue weighted by atomic mass is 16.5. The van der Waals surface area contributed by atoms with Crippen molar-refractivity contribution in [2.75, 3.05) is 20.7 Å². The van der Waals surface area contributed by atoms with Crippen LogP contribution < -0.4 is 10.1 Å². The first-order valence-corrected chi connectivity index (χ1v) is 8.85. The van der Waals surface area contributed by atoms with Crippen molar-refractivity contribution in [3.63, 3.8) is 0 Å². The predicted octanol–water partition coefficient (Wildman–Crippen LogP) is 3.32. The van der Waals surface area contributed by atoms with Gasteiger partial charge in [-0.15, -0.1) is 0 Å². The SMILES string of the molecule is COc1ccc(CNC(=O)CN(C)[C@@H]2CCCc3ccccc32)cc1. The fraction of sp³-hybridized carbons (Fsp3) is 0.381. The maximum Gasteiger partial charge on any atom is 0.234 e. The number of amides is 1. The Bertz CT molecular complexity index is 712. The molecule has 0 heterocycles. The first-order chi connectivity index (χ1) is 12.2. The number of nitrogens with one attached hydrogen (secondary N) is 1. The number of carbonyl (C=O) groups excluding carboxylic acids is 1. The van der Waals surface area contributed by atoms with Crippen molar-refractivity contribution in [2.24, 2.45) is 0 Å². The Hall–Kier alpha value is -2.33. The lowest BCUT2D eigenvalue weighted by Crippen LogP contribution is -2.37. The summed E-state index contributed by atoms with van der Waals surface area (Å²) in [6.45, 7) is 0.951. The van der Waals surface area contributed by atoms with Gasteiger partial charge < -0.3 is 10.1 Å². The van der Waals surface area contributed by atoms with Crippen molar-refractivity contribution >= 4 is 5.91 Å². The number of hydrogen-bond donors (Lipinski definition) is 1. The normalized spacial score (nSPS) is 16.4. The highest BCUT2D eigenvalue weighted by Gasteiger charge is 2.24. The maximum atomic E-state index is 12.3. The zero-order valence-electron chi connectivity index (χ0n) is 15.0. The largest absolute Gasteiger partial charge is 0.497 e. The molecule has 132 valence electrons. The van der Waals surface area contributed by atoms with Crippen molar-refractivity contribution in [1.82, 2.24) is 10.2 Å². The Labute approximate surface area is 149 Å². The average molecular weight is 338 g/mol. The standard InChI is InChI=1S/C21H26N2O2/c1-23(20-9-5-7-17-6-3-4-8-19(17)20)15-21(24)22-14-16-10-12-18(25-2)13-11-16/h3-4,6,8,10-13,20H,5,7,9,14-15H2,1-2H3,(H,22,24)/t20-/m1/s1. The van der Waals surface area contributed by atoms with Crippen LogP contribution in [0.5, 0.6) is 5.75 Å². The van der Waals surface area contributed by atoms with Crippen LogP contribution in [-0.4, -0.2) is 31.5 Å². The Morgan fingerprint density at radius 1 is 1.20 bits per heavy atom. The molecule has 4 heteroatoms. The molecule has 0 radical (unpaired) electrons. The lowest BCUT2D eigenvalue weighted by atomic mass is 9.87. The van der Waals surface area contributed by atoms with Gasteiger partial charge in [-0.2, -0.15) is 0 Å². The third-order valence-corrected chi connectivity index (χ3v) is 4.91. The molecule has 0 spiro atoms. The molecule has 0 saturated heterocycles. The van der Waals surface area contributed by atoms with Gasteiger partial charge in [0.15, 0.2) is 0 Å². The fourth-order valence-corrected chi connectivity index (χ4v) is 3.52. The number of likely N-dealkylation sites (N-methyl/N-ethyl adjacent to an activating group) is 1.